The first-order valence-corrected chi connectivity index (χ1v) is 6.14. The summed E-state index contributed by atoms with van der Waals surface area (Å²) in [6, 6.07) is 11.3. The molecule has 2 aromatic rings. The molecule has 0 fully saturated rings. The summed E-state index contributed by atoms with van der Waals surface area (Å²) in [4.78, 5) is 0. The fourth-order valence-electron chi connectivity index (χ4n) is 2.52. The Kier molecular flexibility index (Phi) is 2.59. The lowest BCUT2D eigenvalue weighted by molar-refractivity contribution is 0.630. The van der Waals surface area contributed by atoms with Crippen LogP contribution in [0, 0.1) is 0 Å². The van der Waals surface area contributed by atoms with Crippen molar-refractivity contribution >= 4 is 5.69 Å². The van der Waals surface area contributed by atoms with Crippen molar-refractivity contribution in [2.75, 3.05) is 5.32 Å². The zero-order chi connectivity index (χ0) is 11.7. The van der Waals surface area contributed by atoms with E-state index >= 15 is 0 Å². The van der Waals surface area contributed by atoms with Crippen LogP contribution in [0.25, 0.3) is 0 Å². The van der Waals surface area contributed by atoms with E-state index in [4.69, 9.17) is 0 Å². The normalized spacial score (nSPS) is 17.8. The first-order chi connectivity index (χ1) is 8.33. The monoisotopic (exact) mass is 227 g/mol. The standard InChI is InChI=1S/C14H17N3/c1-17-13(8-9-15-17)7-6-12-10-11-4-2-3-5-14(11)16-12/h2-5,8-9,12,16H,6-7,10H2,1H3. The summed E-state index contributed by atoms with van der Waals surface area (Å²) in [6.45, 7) is 0. The van der Waals surface area contributed by atoms with E-state index in [2.05, 4.69) is 40.7 Å². The summed E-state index contributed by atoms with van der Waals surface area (Å²) >= 11 is 0. The molecule has 17 heavy (non-hydrogen) atoms. The summed E-state index contributed by atoms with van der Waals surface area (Å²) in [7, 11) is 2.01. The third kappa shape index (κ3) is 2.05. The van der Waals surface area contributed by atoms with Crippen LogP contribution in [0.5, 0.6) is 0 Å². The Balaban J connectivity index is 1.61. The zero-order valence-corrected chi connectivity index (χ0v) is 10.1. The van der Waals surface area contributed by atoms with Crippen LogP contribution in [0.3, 0.4) is 0 Å². The zero-order valence-electron chi connectivity index (χ0n) is 10.1. The van der Waals surface area contributed by atoms with Crippen LogP contribution in [-0.2, 0) is 19.9 Å². The van der Waals surface area contributed by atoms with Crippen molar-refractivity contribution in [3.05, 3.63) is 47.8 Å². The van der Waals surface area contributed by atoms with Crippen LogP contribution in [0.2, 0.25) is 0 Å². The van der Waals surface area contributed by atoms with Crippen LogP contribution < -0.4 is 5.32 Å². The lowest BCUT2D eigenvalue weighted by atomic mass is 10.1. The molecule has 1 N–H and O–H groups in total. The molecule has 3 nitrogen and oxygen atoms in total. The topological polar surface area (TPSA) is 29.9 Å². The summed E-state index contributed by atoms with van der Waals surface area (Å²) < 4.78 is 1.96. The van der Waals surface area contributed by atoms with Crippen molar-refractivity contribution in [3.63, 3.8) is 0 Å². The Morgan fingerprint density at radius 3 is 3.00 bits per heavy atom. The third-order valence-corrected chi connectivity index (χ3v) is 3.51. The highest BCUT2D eigenvalue weighted by atomic mass is 15.2. The van der Waals surface area contributed by atoms with Crippen molar-refractivity contribution < 1.29 is 0 Å². The van der Waals surface area contributed by atoms with Crippen molar-refractivity contribution in [1.82, 2.24) is 9.78 Å². The lowest BCUT2D eigenvalue weighted by Crippen LogP contribution is -2.16. The second-order valence-electron chi connectivity index (χ2n) is 4.69. The molecule has 88 valence electrons. The fraction of sp³-hybridized carbons (Fsp3) is 0.357. The van der Waals surface area contributed by atoms with Crippen molar-refractivity contribution in [2.24, 2.45) is 7.05 Å². The maximum Gasteiger partial charge on any atom is 0.0492 e. The number of rotatable bonds is 3. The second kappa shape index (κ2) is 4.24. The molecule has 1 aliphatic rings. The molecule has 0 aliphatic carbocycles. The van der Waals surface area contributed by atoms with E-state index < -0.39 is 0 Å². The average Bonchev–Trinajstić information content (AvgIpc) is 2.92. The number of aromatic nitrogens is 2. The predicted molar refractivity (Wildman–Crippen MR) is 69.1 cm³/mol. The van der Waals surface area contributed by atoms with E-state index in [1.54, 1.807) is 0 Å². The first-order valence-electron chi connectivity index (χ1n) is 6.14. The predicted octanol–water partition coefficient (Wildman–Crippen LogP) is 2.39. The molecule has 0 saturated carbocycles. The van der Waals surface area contributed by atoms with Gasteiger partial charge in [0, 0.05) is 30.7 Å². The molecule has 1 atom stereocenters. The van der Waals surface area contributed by atoms with Gasteiger partial charge in [-0.05, 0) is 37.0 Å². The van der Waals surface area contributed by atoms with Gasteiger partial charge < -0.3 is 5.32 Å². The van der Waals surface area contributed by atoms with Gasteiger partial charge in [0.15, 0.2) is 0 Å². The van der Waals surface area contributed by atoms with Gasteiger partial charge in [0.2, 0.25) is 0 Å². The number of benzene rings is 1. The molecule has 3 heteroatoms. The van der Waals surface area contributed by atoms with Crippen LogP contribution in [-0.4, -0.2) is 15.8 Å². The highest BCUT2D eigenvalue weighted by Crippen LogP contribution is 2.27. The molecular formula is C14H17N3. The minimum Gasteiger partial charge on any atom is -0.382 e. The number of aryl methyl sites for hydroxylation is 2. The minimum absolute atomic E-state index is 0.572. The molecule has 1 aromatic carbocycles. The van der Waals surface area contributed by atoms with E-state index in [1.165, 1.54) is 16.9 Å². The number of hydrogen-bond donors (Lipinski definition) is 1. The van der Waals surface area contributed by atoms with Crippen molar-refractivity contribution in [2.45, 2.75) is 25.3 Å². The highest BCUT2D eigenvalue weighted by molar-refractivity contribution is 5.56. The van der Waals surface area contributed by atoms with Gasteiger partial charge in [-0.3, -0.25) is 4.68 Å². The van der Waals surface area contributed by atoms with Gasteiger partial charge in [-0.25, -0.2) is 0 Å². The van der Waals surface area contributed by atoms with Crippen molar-refractivity contribution in [3.8, 4) is 0 Å². The SMILES string of the molecule is Cn1nccc1CCC1Cc2ccccc2N1. The maximum atomic E-state index is 4.20. The number of fused-ring (bicyclic) bond motifs is 1. The highest BCUT2D eigenvalue weighted by Gasteiger charge is 2.19. The van der Waals surface area contributed by atoms with E-state index in [0.29, 0.717) is 6.04 Å². The number of para-hydroxylation sites is 1. The quantitative estimate of drug-likeness (QED) is 0.872. The molecule has 3 rings (SSSR count). The molecule has 0 bridgehead atoms. The first kappa shape index (κ1) is 10.4. The van der Waals surface area contributed by atoms with Crippen LogP contribution in [0.4, 0.5) is 5.69 Å². The Labute approximate surface area is 101 Å². The largest absolute Gasteiger partial charge is 0.382 e. The van der Waals surface area contributed by atoms with Gasteiger partial charge in [0.05, 0.1) is 0 Å². The Hall–Kier alpha value is -1.77. The third-order valence-electron chi connectivity index (χ3n) is 3.51. The number of nitrogens with zero attached hydrogens (tertiary/aromatic N) is 2. The number of anilines is 1. The van der Waals surface area contributed by atoms with Gasteiger partial charge in [-0.1, -0.05) is 18.2 Å². The molecule has 0 amide bonds. The smallest absolute Gasteiger partial charge is 0.0492 e. The van der Waals surface area contributed by atoms with Crippen LogP contribution in [0.15, 0.2) is 36.5 Å². The molecule has 0 saturated heterocycles. The molecule has 1 unspecified atom stereocenters. The van der Waals surface area contributed by atoms with Gasteiger partial charge in [0.1, 0.15) is 0 Å². The Morgan fingerprint density at radius 1 is 1.35 bits per heavy atom. The van der Waals surface area contributed by atoms with Gasteiger partial charge in [-0.2, -0.15) is 5.10 Å². The molecule has 2 heterocycles. The summed E-state index contributed by atoms with van der Waals surface area (Å²) in [5.41, 5.74) is 4.06. The van der Waals surface area contributed by atoms with E-state index in [0.717, 1.165) is 19.3 Å². The van der Waals surface area contributed by atoms with Gasteiger partial charge in [-0.15, -0.1) is 0 Å². The number of hydrogen-bond acceptors (Lipinski definition) is 2. The molecule has 0 radical (unpaired) electrons. The summed E-state index contributed by atoms with van der Waals surface area (Å²) in [5.74, 6) is 0. The van der Waals surface area contributed by atoms with Gasteiger partial charge in [0.25, 0.3) is 0 Å². The van der Waals surface area contributed by atoms with E-state index in [-0.39, 0.29) is 0 Å². The summed E-state index contributed by atoms with van der Waals surface area (Å²) in [6.07, 6.45) is 5.26. The fourth-order valence-corrected chi connectivity index (χ4v) is 2.52. The van der Waals surface area contributed by atoms with E-state index in [9.17, 15) is 0 Å². The molecule has 1 aliphatic heterocycles. The lowest BCUT2D eigenvalue weighted by Gasteiger charge is -2.10. The minimum atomic E-state index is 0.572. The number of nitrogens with one attached hydrogen (secondary N) is 1. The second-order valence-corrected chi connectivity index (χ2v) is 4.69. The average molecular weight is 227 g/mol. The molecular weight excluding hydrogens is 210 g/mol. The van der Waals surface area contributed by atoms with Gasteiger partial charge >= 0.3 is 0 Å². The Morgan fingerprint density at radius 2 is 2.24 bits per heavy atom. The molecule has 1 aromatic heterocycles. The summed E-state index contributed by atoms with van der Waals surface area (Å²) in [5, 5.41) is 7.78. The Bertz CT molecular complexity index is 491. The van der Waals surface area contributed by atoms with Crippen LogP contribution in [0.1, 0.15) is 17.7 Å². The maximum absolute atomic E-state index is 4.20. The molecule has 0 spiro atoms. The van der Waals surface area contributed by atoms with Crippen LogP contribution >= 0.6 is 0 Å². The van der Waals surface area contributed by atoms with Crippen molar-refractivity contribution in [1.29, 1.82) is 0 Å². The van der Waals surface area contributed by atoms with E-state index in [1.807, 2.05) is 17.9 Å².